The Morgan fingerprint density at radius 2 is 1.68 bits per heavy atom. The summed E-state index contributed by atoms with van der Waals surface area (Å²) in [6, 6.07) is 20.4. The van der Waals surface area contributed by atoms with Crippen LogP contribution in [0.4, 0.5) is 21.5 Å². The number of carbonyl (C=O) groups excluding carboxylic acids is 1. The molecule has 0 unspecified atom stereocenters. The summed E-state index contributed by atoms with van der Waals surface area (Å²) in [4.78, 5) is 12.1. The van der Waals surface area contributed by atoms with Gasteiger partial charge in [-0.25, -0.2) is 9.82 Å². The van der Waals surface area contributed by atoms with Gasteiger partial charge in [0.2, 0.25) is 0 Å². The molecular formula is C20H18ClFN4OS. The molecule has 3 rings (SSSR count). The molecule has 0 fully saturated rings. The van der Waals surface area contributed by atoms with Crippen molar-refractivity contribution in [2.24, 2.45) is 0 Å². The number of carbonyl (C=O) groups is 1. The third-order valence-electron chi connectivity index (χ3n) is 3.65. The Bertz CT molecular complexity index is 939. The van der Waals surface area contributed by atoms with E-state index in [0.717, 1.165) is 11.4 Å². The summed E-state index contributed by atoms with van der Waals surface area (Å²) in [6.45, 7) is 0. The second-order valence-corrected chi connectivity index (χ2v) is 6.93. The number of nitrogens with one attached hydrogen (secondary N) is 4. The van der Waals surface area contributed by atoms with Crippen LogP contribution in [-0.2, 0) is 0 Å². The van der Waals surface area contributed by atoms with E-state index >= 15 is 0 Å². The minimum absolute atomic E-state index is 0.0125. The molecule has 0 saturated heterocycles. The summed E-state index contributed by atoms with van der Waals surface area (Å²) in [5, 5.41) is 3.35. The maximum atomic E-state index is 13.6. The van der Waals surface area contributed by atoms with Gasteiger partial charge in [-0.3, -0.25) is 4.79 Å². The van der Waals surface area contributed by atoms with E-state index in [2.05, 4.69) is 20.9 Å². The lowest BCUT2D eigenvalue weighted by molar-refractivity contribution is 0.102. The molecule has 3 aromatic rings. The Morgan fingerprint density at radius 1 is 0.929 bits per heavy atom. The van der Waals surface area contributed by atoms with Gasteiger partial charge in [0.25, 0.3) is 5.91 Å². The highest BCUT2D eigenvalue weighted by molar-refractivity contribution is 8.00. The zero-order valence-corrected chi connectivity index (χ0v) is 16.3. The van der Waals surface area contributed by atoms with Crippen LogP contribution in [0, 0.1) is 5.82 Å². The van der Waals surface area contributed by atoms with E-state index in [-0.39, 0.29) is 5.56 Å². The van der Waals surface area contributed by atoms with Crippen molar-refractivity contribution in [1.82, 2.24) is 5.43 Å². The SMILES string of the molecule is O=C(Nc1ccc(NSCNNc2cccc(Cl)c2)cc1)c1ccccc1F. The Morgan fingerprint density at radius 3 is 2.43 bits per heavy atom. The smallest absolute Gasteiger partial charge is 0.258 e. The van der Waals surface area contributed by atoms with E-state index in [1.165, 1.54) is 24.1 Å². The molecule has 28 heavy (non-hydrogen) atoms. The molecule has 0 aliphatic rings. The van der Waals surface area contributed by atoms with E-state index in [9.17, 15) is 9.18 Å². The van der Waals surface area contributed by atoms with Gasteiger partial charge >= 0.3 is 0 Å². The van der Waals surface area contributed by atoms with Crippen molar-refractivity contribution in [3.63, 3.8) is 0 Å². The molecule has 144 valence electrons. The zero-order valence-electron chi connectivity index (χ0n) is 14.7. The van der Waals surface area contributed by atoms with Crippen LogP contribution >= 0.6 is 23.5 Å². The molecule has 0 aliphatic heterocycles. The second kappa shape index (κ2) is 9.98. The third kappa shape index (κ3) is 5.88. The summed E-state index contributed by atoms with van der Waals surface area (Å²) in [5.41, 5.74) is 8.46. The fourth-order valence-electron chi connectivity index (χ4n) is 2.33. The summed E-state index contributed by atoms with van der Waals surface area (Å²) >= 11 is 7.38. The number of benzene rings is 3. The van der Waals surface area contributed by atoms with Gasteiger partial charge < -0.3 is 15.5 Å². The minimum Gasteiger partial charge on any atom is -0.329 e. The van der Waals surface area contributed by atoms with Crippen molar-refractivity contribution in [2.75, 3.05) is 21.3 Å². The highest BCUT2D eigenvalue weighted by atomic mass is 35.5. The van der Waals surface area contributed by atoms with Crippen LogP contribution in [0.5, 0.6) is 0 Å². The standard InChI is InChI=1S/C20H18ClFN4OS/c21-14-4-3-5-17(12-14)25-23-13-28-26-16-10-8-15(9-11-16)24-20(27)18-6-1-2-7-19(18)22/h1-12,23,25-26H,13H2,(H,24,27). The molecule has 3 aromatic carbocycles. The Kier molecular flexibility index (Phi) is 7.13. The first-order valence-corrected chi connectivity index (χ1v) is 9.76. The van der Waals surface area contributed by atoms with Crippen LogP contribution < -0.4 is 20.9 Å². The lowest BCUT2D eigenvalue weighted by Crippen LogP contribution is -2.21. The molecule has 8 heteroatoms. The van der Waals surface area contributed by atoms with E-state index in [0.29, 0.717) is 16.6 Å². The first-order chi connectivity index (χ1) is 13.6. The van der Waals surface area contributed by atoms with Crippen LogP contribution in [0.25, 0.3) is 0 Å². The van der Waals surface area contributed by atoms with Gasteiger partial charge in [0.05, 0.1) is 17.1 Å². The predicted molar refractivity (Wildman–Crippen MR) is 115 cm³/mol. The van der Waals surface area contributed by atoms with E-state index in [1.54, 1.807) is 24.3 Å². The first-order valence-electron chi connectivity index (χ1n) is 8.40. The number of halogens is 2. The van der Waals surface area contributed by atoms with Crippen LogP contribution in [0.1, 0.15) is 10.4 Å². The molecule has 0 heterocycles. The van der Waals surface area contributed by atoms with Crippen molar-refractivity contribution in [3.8, 4) is 0 Å². The number of hydrogen-bond acceptors (Lipinski definition) is 5. The van der Waals surface area contributed by atoms with E-state index < -0.39 is 11.7 Å². The molecule has 0 saturated carbocycles. The first kappa shape index (κ1) is 20.0. The monoisotopic (exact) mass is 416 g/mol. The van der Waals surface area contributed by atoms with Gasteiger partial charge in [-0.05, 0) is 66.5 Å². The third-order valence-corrected chi connectivity index (χ3v) is 4.56. The second-order valence-electron chi connectivity index (χ2n) is 5.71. The maximum absolute atomic E-state index is 13.6. The molecule has 5 nitrogen and oxygen atoms in total. The van der Waals surface area contributed by atoms with Gasteiger partial charge in [0.1, 0.15) is 5.82 Å². The average Bonchev–Trinajstić information content (AvgIpc) is 2.69. The van der Waals surface area contributed by atoms with Crippen molar-refractivity contribution < 1.29 is 9.18 Å². The lowest BCUT2D eigenvalue weighted by Gasteiger charge is -2.10. The van der Waals surface area contributed by atoms with Crippen molar-refractivity contribution in [1.29, 1.82) is 0 Å². The summed E-state index contributed by atoms with van der Waals surface area (Å²) in [5.74, 6) is -0.434. The van der Waals surface area contributed by atoms with Gasteiger partial charge in [-0.15, -0.1) is 0 Å². The van der Waals surface area contributed by atoms with Gasteiger partial charge in [-0.1, -0.05) is 29.8 Å². The van der Waals surface area contributed by atoms with Crippen LogP contribution in [0.3, 0.4) is 0 Å². The summed E-state index contributed by atoms with van der Waals surface area (Å²) in [6.07, 6.45) is 0. The topological polar surface area (TPSA) is 65.2 Å². The molecular weight excluding hydrogens is 399 g/mol. The Labute approximate surface area is 171 Å². The Hall–Kier alpha value is -2.74. The van der Waals surface area contributed by atoms with Crippen LogP contribution in [-0.4, -0.2) is 11.8 Å². The number of hydrazine groups is 1. The Balaban J connectivity index is 1.42. The fourth-order valence-corrected chi connectivity index (χ4v) is 3.03. The fraction of sp³-hybridized carbons (Fsp3) is 0.0500. The number of amides is 1. The number of rotatable bonds is 8. The van der Waals surface area contributed by atoms with Gasteiger partial charge in [-0.2, -0.15) is 0 Å². The molecule has 4 N–H and O–H groups in total. The summed E-state index contributed by atoms with van der Waals surface area (Å²) in [7, 11) is 0. The van der Waals surface area contributed by atoms with Crippen molar-refractivity contribution in [2.45, 2.75) is 0 Å². The summed E-state index contributed by atoms with van der Waals surface area (Å²) < 4.78 is 16.8. The van der Waals surface area contributed by atoms with Crippen molar-refractivity contribution in [3.05, 3.63) is 89.2 Å². The predicted octanol–water partition coefficient (Wildman–Crippen LogP) is 5.37. The van der Waals surface area contributed by atoms with E-state index in [1.807, 2.05) is 36.4 Å². The molecule has 0 spiro atoms. The molecule has 0 radical (unpaired) electrons. The molecule has 1 amide bonds. The largest absolute Gasteiger partial charge is 0.329 e. The molecule has 0 aliphatic carbocycles. The zero-order chi connectivity index (χ0) is 19.8. The maximum Gasteiger partial charge on any atom is 0.258 e. The normalized spacial score (nSPS) is 10.4. The molecule has 0 bridgehead atoms. The van der Waals surface area contributed by atoms with Gasteiger partial charge in [0, 0.05) is 16.4 Å². The minimum atomic E-state index is -0.548. The van der Waals surface area contributed by atoms with Crippen LogP contribution in [0.2, 0.25) is 5.02 Å². The van der Waals surface area contributed by atoms with Gasteiger partial charge in [0.15, 0.2) is 0 Å². The average molecular weight is 417 g/mol. The number of hydrogen-bond donors (Lipinski definition) is 4. The molecule has 0 atom stereocenters. The quantitative estimate of drug-likeness (QED) is 0.172. The lowest BCUT2D eigenvalue weighted by atomic mass is 10.2. The van der Waals surface area contributed by atoms with Crippen LogP contribution in [0.15, 0.2) is 72.8 Å². The number of anilines is 3. The highest BCUT2D eigenvalue weighted by Gasteiger charge is 2.10. The van der Waals surface area contributed by atoms with Crippen molar-refractivity contribution >= 4 is 46.5 Å². The molecule has 0 aromatic heterocycles. The van der Waals surface area contributed by atoms with E-state index in [4.69, 9.17) is 11.6 Å². The highest BCUT2D eigenvalue weighted by Crippen LogP contribution is 2.18.